The predicted molar refractivity (Wildman–Crippen MR) is 103 cm³/mol. The first-order valence-electron chi connectivity index (χ1n) is 8.24. The maximum absolute atomic E-state index is 13.9. The van der Waals surface area contributed by atoms with Gasteiger partial charge in [-0.15, -0.1) is 12.4 Å². The molecule has 0 amide bonds. The molecule has 2 aromatic carbocycles. The first-order valence-corrected chi connectivity index (χ1v) is 8.24. The molecule has 1 atom stereocenters. The van der Waals surface area contributed by atoms with Crippen molar-refractivity contribution in [3.8, 4) is 17.0 Å². The Bertz CT molecular complexity index is 923. The van der Waals surface area contributed by atoms with Crippen LogP contribution in [-0.2, 0) is 0 Å². The first kappa shape index (κ1) is 22.4. The maximum Gasteiger partial charge on any atom is 0.387 e. The van der Waals surface area contributed by atoms with Gasteiger partial charge < -0.3 is 15.8 Å². The van der Waals surface area contributed by atoms with E-state index in [1.165, 1.54) is 12.4 Å². The molecule has 0 spiro atoms. The van der Waals surface area contributed by atoms with Crippen LogP contribution in [0.15, 0.2) is 54.9 Å². The number of ether oxygens (including phenoxy) is 1. The zero-order chi connectivity index (χ0) is 20.1. The standard InChI is InChI=1S/C19H16F4N4O.ClH/c20-13-6-12(7-14(21)18(13)28-19(22)23)16-8-17(27-10-26-16)25-9-15(24)11-4-2-1-3-5-11;/h1-8,10,15,19H,9,24H2,(H,25,26,27);1H. The number of nitrogens with zero attached hydrogens (tertiary/aromatic N) is 2. The van der Waals surface area contributed by atoms with Crippen LogP contribution in [0.3, 0.4) is 0 Å². The molecule has 154 valence electrons. The Labute approximate surface area is 170 Å². The van der Waals surface area contributed by atoms with Crippen molar-refractivity contribution >= 4 is 18.2 Å². The van der Waals surface area contributed by atoms with Crippen LogP contribution < -0.4 is 15.8 Å². The molecule has 1 aromatic heterocycles. The van der Waals surface area contributed by atoms with E-state index in [0.29, 0.717) is 12.4 Å². The smallest absolute Gasteiger partial charge is 0.387 e. The lowest BCUT2D eigenvalue weighted by Crippen LogP contribution is -2.20. The van der Waals surface area contributed by atoms with Crippen LogP contribution in [0.2, 0.25) is 0 Å². The van der Waals surface area contributed by atoms with Crippen molar-refractivity contribution in [2.24, 2.45) is 5.73 Å². The lowest BCUT2D eigenvalue weighted by atomic mass is 10.1. The third kappa shape index (κ3) is 5.78. The second kappa shape index (κ2) is 10.0. The minimum atomic E-state index is -3.33. The van der Waals surface area contributed by atoms with E-state index in [-0.39, 0.29) is 29.7 Å². The van der Waals surface area contributed by atoms with Gasteiger partial charge in [-0.1, -0.05) is 30.3 Å². The third-order valence-electron chi connectivity index (χ3n) is 3.90. The van der Waals surface area contributed by atoms with Gasteiger partial charge in [-0.2, -0.15) is 8.78 Å². The number of rotatable bonds is 7. The number of halogens is 5. The molecule has 3 N–H and O–H groups in total. The fraction of sp³-hybridized carbons (Fsp3) is 0.158. The molecule has 29 heavy (non-hydrogen) atoms. The molecular formula is C19H17ClF4N4O. The van der Waals surface area contributed by atoms with Gasteiger partial charge in [0.25, 0.3) is 0 Å². The second-order valence-corrected chi connectivity index (χ2v) is 5.83. The van der Waals surface area contributed by atoms with Gasteiger partial charge >= 0.3 is 6.61 Å². The normalized spacial score (nSPS) is 11.7. The molecule has 1 unspecified atom stereocenters. The minimum Gasteiger partial charge on any atom is -0.429 e. The number of benzene rings is 2. The highest BCUT2D eigenvalue weighted by Gasteiger charge is 2.18. The van der Waals surface area contributed by atoms with E-state index in [1.54, 1.807) is 0 Å². The van der Waals surface area contributed by atoms with E-state index in [1.807, 2.05) is 30.3 Å². The third-order valence-corrected chi connectivity index (χ3v) is 3.90. The highest BCUT2D eigenvalue weighted by molar-refractivity contribution is 5.85. The summed E-state index contributed by atoms with van der Waals surface area (Å²) in [6.07, 6.45) is 1.21. The summed E-state index contributed by atoms with van der Waals surface area (Å²) in [5, 5.41) is 3.03. The summed E-state index contributed by atoms with van der Waals surface area (Å²) in [6.45, 7) is -2.97. The molecule has 0 aliphatic carbocycles. The van der Waals surface area contributed by atoms with Crippen LogP contribution in [0.1, 0.15) is 11.6 Å². The number of anilines is 1. The Morgan fingerprint density at radius 1 is 1.00 bits per heavy atom. The fourth-order valence-electron chi connectivity index (χ4n) is 2.55. The SMILES string of the molecule is Cl.NC(CNc1cc(-c2cc(F)c(OC(F)F)c(F)c2)ncn1)c1ccccc1. The molecule has 10 heteroatoms. The lowest BCUT2D eigenvalue weighted by Gasteiger charge is -2.14. The molecule has 0 radical (unpaired) electrons. The topological polar surface area (TPSA) is 73.1 Å². The molecule has 0 aliphatic rings. The number of nitrogens with two attached hydrogens (primary N) is 1. The van der Waals surface area contributed by atoms with Crippen molar-refractivity contribution in [3.63, 3.8) is 0 Å². The summed E-state index contributed by atoms with van der Waals surface area (Å²) in [7, 11) is 0. The van der Waals surface area contributed by atoms with E-state index in [4.69, 9.17) is 5.73 Å². The second-order valence-electron chi connectivity index (χ2n) is 5.83. The summed E-state index contributed by atoms with van der Waals surface area (Å²) in [5.74, 6) is -3.26. The predicted octanol–water partition coefficient (Wildman–Crippen LogP) is 4.56. The Hall–Kier alpha value is -2.91. The number of hydrogen-bond donors (Lipinski definition) is 2. The molecule has 0 saturated carbocycles. The van der Waals surface area contributed by atoms with Gasteiger partial charge in [0, 0.05) is 24.2 Å². The molecule has 1 heterocycles. The van der Waals surface area contributed by atoms with Crippen molar-refractivity contribution in [2.45, 2.75) is 12.7 Å². The molecule has 0 bridgehead atoms. The number of aromatic nitrogens is 2. The Morgan fingerprint density at radius 3 is 2.28 bits per heavy atom. The van der Waals surface area contributed by atoms with Gasteiger partial charge in [0.15, 0.2) is 17.4 Å². The van der Waals surface area contributed by atoms with Crippen LogP contribution in [0.4, 0.5) is 23.4 Å². The van der Waals surface area contributed by atoms with Gasteiger partial charge in [0.05, 0.1) is 5.69 Å². The maximum atomic E-state index is 13.9. The summed E-state index contributed by atoms with van der Waals surface area (Å²) in [5.41, 5.74) is 7.29. The van der Waals surface area contributed by atoms with Crippen LogP contribution in [0, 0.1) is 11.6 Å². The average molecular weight is 429 g/mol. The summed E-state index contributed by atoms with van der Waals surface area (Å²) in [4.78, 5) is 8.01. The van der Waals surface area contributed by atoms with Gasteiger partial charge in [-0.3, -0.25) is 0 Å². The van der Waals surface area contributed by atoms with Gasteiger partial charge in [0.2, 0.25) is 0 Å². The van der Waals surface area contributed by atoms with Crippen molar-refractivity contribution < 1.29 is 22.3 Å². The quantitative estimate of drug-likeness (QED) is 0.540. The average Bonchev–Trinajstić information content (AvgIpc) is 2.69. The largest absolute Gasteiger partial charge is 0.429 e. The fourth-order valence-corrected chi connectivity index (χ4v) is 2.55. The number of hydrogen-bond acceptors (Lipinski definition) is 5. The van der Waals surface area contributed by atoms with Gasteiger partial charge in [0.1, 0.15) is 12.1 Å². The molecule has 5 nitrogen and oxygen atoms in total. The minimum absolute atomic E-state index is 0. The van der Waals surface area contributed by atoms with Crippen molar-refractivity contribution in [2.75, 3.05) is 11.9 Å². The van der Waals surface area contributed by atoms with Crippen molar-refractivity contribution in [3.05, 3.63) is 72.1 Å². The van der Waals surface area contributed by atoms with Crippen LogP contribution in [0.25, 0.3) is 11.3 Å². The Morgan fingerprint density at radius 2 is 1.66 bits per heavy atom. The van der Waals surface area contributed by atoms with E-state index in [9.17, 15) is 17.6 Å². The Kier molecular flexibility index (Phi) is 7.74. The molecule has 0 aliphatic heterocycles. The highest BCUT2D eigenvalue weighted by atomic mass is 35.5. The van der Waals surface area contributed by atoms with Crippen LogP contribution in [0.5, 0.6) is 5.75 Å². The first-order chi connectivity index (χ1) is 13.4. The monoisotopic (exact) mass is 428 g/mol. The number of nitrogens with one attached hydrogen (secondary N) is 1. The molecule has 0 fully saturated rings. The van der Waals surface area contributed by atoms with E-state index >= 15 is 0 Å². The van der Waals surface area contributed by atoms with Gasteiger partial charge in [-0.25, -0.2) is 18.7 Å². The molecular weight excluding hydrogens is 412 g/mol. The van der Waals surface area contributed by atoms with Gasteiger partial charge in [-0.05, 0) is 17.7 Å². The van der Waals surface area contributed by atoms with E-state index < -0.39 is 24.0 Å². The number of alkyl halides is 2. The summed E-state index contributed by atoms with van der Waals surface area (Å²) in [6, 6.07) is 12.3. The highest BCUT2D eigenvalue weighted by Crippen LogP contribution is 2.29. The Balaban J connectivity index is 0.00000300. The molecule has 3 rings (SSSR count). The molecule has 3 aromatic rings. The molecule has 0 saturated heterocycles. The van der Waals surface area contributed by atoms with E-state index in [0.717, 1.165) is 17.7 Å². The summed E-state index contributed by atoms with van der Waals surface area (Å²) < 4.78 is 56.2. The summed E-state index contributed by atoms with van der Waals surface area (Å²) >= 11 is 0. The zero-order valence-corrected chi connectivity index (χ0v) is 15.7. The lowest BCUT2D eigenvalue weighted by molar-refractivity contribution is -0.0546. The van der Waals surface area contributed by atoms with Crippen LogP contribution in [-0.4, -0.2) is 23.1 Å². The van der Waals surface area contributed by atoms with Crippen LogP contribution >= 0.6 is 12.4 Å². The zero-order valence-electron chi connectivity index (χ0n) is 14.9. The van der Waals surface area contributed by atoms with Crippen molar-refractivity contribution in [1.29, 1.82) is 0 Å². The van der Waals surface area contributed by atoms with Crippen molar-refractivity contribution in [1.82, 2.24) is 9.97 Å². The van der Waals surface area contributed by atoms with E-state index in [2.05, 4.69) is 20.0 Å².